The molecule has 0 saturated carbocycles. The Hall–Kier alpha value is -2.60. The van der Waals surface area contributed by atoms with Gasteiger partial charge in [-0.25, -0.2) is 0 Å². The predicted octanol–water partition coefficient (Wildman–Crippen LogP) is 5.23. The Morgan fingerprint density at radius 1 is 1.11 bits per heavy atom. The van der Waals surface area contributed by atoms with E-state index in [1.54, 1.807) is 7.11 Å². The van der Waals surface area contributed by atoms with Gasteiger partial charge in [0.25, 0.3) is 5.22 Å². The molecule has 6 heteroatoms. The molecule has 0 amide bonds. The number of benzene rings is 2. The largest absolute Gasteiger partial charge is 0.497 e. The fourth-order valence-corrected chi connectivity index (χ4v) is 3.22. The molecule has 0 aliphatic rings. The second-order valence-electron chi connectivity index (χ2n) is 6.24. The molecule has 0 aliphatic heterocycles. The molecule has 140 valence electrons. The Kier molecular flexibility index (Phi) is 6.29. The molecular weight excluding hydrogens is 360 g/mol. The van der Waals surface area contributed by atoms with Crippen LogP contribution in [0.25, 0.3) is 11.5 Å². The zero-order valence-electron chi connectivity index (χ0n) is 15.6. The van der Waals surface area contributed by atoms with E-state index < -0.39 is 0 Å². The van der Waals surface area contributed by atoms with E-state index in [9.17, 15) is 4.79 Å². The van der Waals surface area contributed by atoms with Gasteiger partial charge in [0.05, 0.1) is 12.9 Å². The summed E-state index contributed by atoms with van der Waals surface area (Å²) in [6, 6.07) is 15.2. The van der Waals surface area contributed by atoms with Crippen LogP contribution < -0.4 is 4.74 Å². The van der Waals surface area contributed by atoms with Gasteiger partial charge in [0, 0.05) is 11.1 Å². The number of methoxy groups -OCH3 is 1. The summed E-state index contributed by atoms with van der Waals surface area (Å²) in [5.41, 5.74) is 2.76. The second kappa shape index (κ2) is 8.86. The van der Waals surface area contributed by atoms with Gasteiger partial charge in [0.1, 0.15) is 5.75 Å². The van der Waals surface area contributed by atoms with E-state index in [4.69, 9.17) is 9.15 Å². The summed E-state index contributed by atoms with van der Waals surface area (Å²) in [5.74, 6) is 1.98. The number of nitrogens with zero attached hydrogens (tertiary/aromatic N) is 2. The van der Waals surface area contributed by atoms with Crippen LogP contribution in [0.3, 0.4) is 0 Å². The topological polar surface area (TPSA) is 65.2 Å². The van der Waals surface area contributed by atoms with Crippen LogP contribution >= 0.6 is 11.8 Å². The van der Waals surface area contributed by atoms with Crippen molar-refractivity contribution in [2.24, 2.45) is 0 Å². The van der Waals surface area contributed by atoms with Crippen molar-refractivity contribution in [2.45, 2.75) is 31.4 Å². The number of rotatable bonds is 8. The average molecular weight is 382 g/mol. The first-order valence-corrected chi connectivity index (χ1v) is 9.83. The van der Waals surface area contributed by atoms with Crippen molar-refractivity contribution in [3.63, 3.8) is 0 Å². The Labute approximate surface area is 163 Å². The van der Waals surface area contributed by atoms with Gasteiger partial charge in [-0.05, 0) is 42.2 Å². The van der Waals surface area contributed by atoms with Crippen molar-refractivity contribution in [2.75, 3.05) is 12.9 Å². The molecule has 1 aromatic heterocycles. The van der Waals surface area contributed by atoms with Crippen molar-refractivity contribution in [1.29, 1.82) is 0 Å². The molecule has 0 saturated heterocycles. The third-order valence-corrected chi connectivity index (χ3v) is 5.30. The van der Waals surface area contributed by atoms with Crippen LogP contribution in [0.4, 0.5) is 0 Å². The van der Waals surface area contributed by atoms with Gasteiger partial charge in [-0.15, -0.1) is 10.2 Å². The van der Waals surface area contributed by atoms with Gasteiger partial charge in [0.15, 0.2) is 5.78 Å². The minimum Gasteiger partial charge on any atom is -0.497 e. The Morgan fingerprint density at radius 2 is 1.81 bits per heavy atom. The molecule has 3 aromatic rings. The number of hydrogen-bond donors (Lipinski definition) is 0. The quantitative estimate of drug-likeness (QED) is 0.392. The maximum Gasteiger partial charge on any atom is 0.277 e. The highest BCUT2D eigenvalue weighted by Crippen LogP contribution is 2.25. The van der Waals surface area contributed by atoms with E-state index in [-0.39, 0.29) is 11.5 Å². The van der Waals surface area contributed by atoms with Crippen molar-refractivity contribution in [3.05, 3.63) is 59.7 Å². The molecule has 0 aliphatic carbocycles. The van der Waals surface area contributed by atoms with Crippen LogP contribution in [0.2, 0.25) is 0 Å². The van der Waals surface area contributed by atoms with Crippen molar-refractivity contribution in [3.8, 4) is 17.2 Å². The minimum absolute atomic E-state index is 0.0416. The Bertz CT molecular complexity index is 889. The summed E-state index contributed by atoms with van der Waals surface area (Å²) >= 11 is 1.25. The first-order chi connectivity index (χ1) is 13.1. The van der Waals surface area contributed by atoms with Gasteiger partial charge >= 0.3 is 0 Å². The third kappa shape index (κ3) is 4.77. The van der Waals surface area contributed by atoms with E-state index in [1.807, 2.05) is 48.5 Å². The lowest BCUT2D eigenvalue weighted by atomic mass is 9.97. The lowest BCUT2D eigenvalue weighted by molar-refractivity contribution is 0.102. The maximum atomic E-state index is 12.4. The van der Waals surface area contributed by atoms with Crippen molar-refractivity contribution in [1.82, 2.24) is 10.2 Å². The highest BCUT2D eigenvalue weighted by Gasteiger charge is 2.13. The summed E-state index contributed by atoms with van der Waals surface area (Å²) in [4.78, 5) is 12.4. The van der Waals surface area contributed by atoms with Crippen LogP contribution in [0, 0.1) is 0 Å². The summed E-state index contributed by atoms with van der Waals surface area (Å²) in [7, 11) is 1.62. The van der Waals surface area contributed by atoms with Crippen LogP contribution in [0.15, 0.2) is 58.2 Å². The number of hydrogen-bond acceptors (Lipinski definition) is 6. The first kappa shape index (κ1) is 19.2. The van der Waals surface area contributed by atoms with E-state index in [1.165, 1.54) is 17.3 Å². The fraction of sp³-hybridized carbons (Fsp3) is 0.286. The lowest BCUT2D eigenvalue weighted by Crippen LogP contribution is -2.03. The number of carbonyl (C=O) groups is 1. The maximum absolute atomic E-state index is 12.4. The number of carbonyl (C=O) groups excluding carboxylic acids is 1. The summed E-state index contributed by atoms with van der Waals surface area (Å²) in [5, 5.41) is 8.44. The highest BCUT2D eigenvalue weighted by molar-refractivity contribution is 7.99. The zero-order chi connectivity index (χ0) is 19.2. The van der Waals surface area contributed by atoms with Crippen LogP contribution in [-0.4, -0.2) is 28.8 Å². The van der Waals surface area contributed by atoms with Gasteiger partial charge in [-0.3, -0.25) is 4.79 Å². The Balaban J connectivity index is 1.60. The van der Waals surface area contributed by atoms with Gasteiger partial charge < -0.3 is 9.15 Å². The molecule has 0 spiro atoms. The lowest BCUT2D eigenvalue weighted by Gasteiger charge is -2.09. The van der Waals surface area contributed by atoms with E-state index in [0.29, 0.717) is 22.6 Å². The first-order valence-electron chi connectivity index (χ1n) is 8.84. The molecular formula is C21H22N2O3S. The molecule has 0 radical (unpaired) electrons. The van der Waals surface area contributed by atoms with Crippen LogP contribution in [0.5, 0.6) is 5.75 Å². The van der Waals surface area contributed by atoms with E-state index in [2.05, 4.69) is 24.0 Å². The van der Waals surface area contributed by atoms with E-state index >= 15 is 0 Å². The minimum atomic E-state index is 0.0416. The average Bonchev–Trinajstić information content (AvgIpc) is 3.20. The second-order valence-corrected chi connectivity index (χ2v) is 7.17. The normalized spacial score (nSPS) is 12.0. The highest BCUT2D eigenvalue weighted by atomic mass is 32.2. The van der Waals surface area contributed by atoms with Crippen LogP contribution in [0.1, 0.15) is 42.1 Å². The number of aromatic nitrogens is 2. The fourth-order valence-electron chi connectivity index (χ4n) is 2.56. The predicted molar refractivity (Wildman–Crippen MR) is 106 cm³/mol. The molecule has 0 fully saturated rings. The SMILES string of the molecule is CC[C@H](C)c1ccc(C(=O)CSc2nnc(-c3ccc(OC)cc3)o2)cc1. The molecule has 3 rings (SSSR count). The van der Waals surface area contributed by atoms with Gasteiger partial charge in [-0.2, -0.15) is 0 Å². The van der Waals surface area contributed by atoms with Crippen molar-refractivity contribution < 1.29 is 13.9 Å². The molecule has 0 unspecified atom stereocenters. The zero-order valence-corrected chi connectivity index (χ0v) is 16.5. The van der Waals surface area contributed by atoms with E-state index in [0.717, 1.165) is 17.7 Å². The van der Waals surface area contributed by atoms with Crippen LogP contribution in [-0.2, 0) is 0 Å². The number of ketones is 1. The summed E-state index contributed by atoms with van der Waals surface area (Å²) < 4.78 is 10.8. The summed E-state index contributed by atoms with van der Waals surface area (Å²) in [6.45, 7) is 4.34. The molecule has 1 heterocycles. The molecule has 1 atom stereocenters. The number of Topliss-reactive ketones (excluding diaryl/α,β-unsaturated/α-hetero) is 1. The third-order valence-electron chi connectivity index (χ3n) is 4.48. The van der Waals surface area contributed by atoms with Crippen molar-refractivity contribution >= 4 is 17.5 Å². The number of ether oxygens (including phenoxy) is 1. The molecule has 2 aromatic carbocycles. The van der Waals surface area contributed by atoms with Gasteiger partial charge in [-0.1, -0.05) is 49.9 Å². The summed E-state index contributed by atoms with van der Waals surface area (Å²) in [6.07, 6.45) is 1.08. The molecule has 0 bridgehead atoms. The smallest absolute Gasteiger partial charge is 0.277 e. The van der Waals surface area contributed by atoms with Gasteiger partial charge in [0.2, 0.25) is 5.89 Å². The molecule has 27 heavy (non-hydrogen) atoms. The number of thioether (sulfide) groups is 1. The monoisotopic (exact) mass is 382 g/mol. The molecule has 0 N–H and O–H groups in total. The molecule has 5 nitrogen and oxygen atoms in total. The Morgan fingerprint density at radius 3 is 2.44 bits per heavy atom. The standard InChI is InChI=1S/C21H22N2O3S/c1-4-14(2)15-5-7-16(8-6-15)19(24)13-27-21-23-22-20(26-21)17-9-11-18(25-3)12-10-17/h5-12,14H,4,13H2,1-3H3/t14-/m0/s1.